The molecule has 1 aromatic carbocycles. The van der Waals surface area contributed by atoms with Gasteiger partial charge in [0.1, 0.15) is 11.9 Å². The van der Waals surface area contributed by atoms with Gasteiger partial charge in [0.15, 0.2) is 5.78 Å². The lowest BCUT2D eigenvalue weighted by atomic mass is 10.1. The van der Waals surface area contributed by atoms with Crippen molar-refractivity contribution in [3.8, 4) is 0 Å². The summed E-state index contributed by atoms with van der Waals surface area (Å²) >= 11 is 1.61. The van der Waals surface area contributed by atoms with Gasteiger partial charge in [0.2, 0.25) is 0 Å². The van der Waals surface area contributed by atoms with Crippen LogP contribution in [0.1, 0.15) is 40.9 Å². The minimum atomic E-state index is -0.910. The van der Waals surface area contributed by atoms with E-state index in [-0.39, 0.29) is 5.78 Å². The van der Waals surface area contributed by atoms with E-state index in [2.05, 4.69) is 4.98 Å². The predicted molar refractivity (Wildman–Crippen MR) is 89.2 cm³/mol. The Morgan fingerprint density at radius 3 is 2.74 bits per heavy atom. The third kappa shape index (κ3) is 2.90. The van der Waals surface area contributed by atoms with E-state index in [1.165, 1.54) is 6.92 Å². The van der Waals surface area contributed by atoms with Gasteiger partial charge in [-0.3, -0.25) is 4.79 Å². The van der Waals surface area contributed by atoms with Crippen LogP contribution in [0.3, 0.4) is 0 Å². The quantitative estimate of drug-likeness (QED) is 0.727. The highest BCUT2D eigenvalue weighted by molar-refractivity contribution is 7.09. The van der Waals surface area contributed by atoms with Gasteiger partial charge in [-0.15, -0.1) is 11.3 Å². The lowest BCUT2D eigenvalue weighted by molar-refractivity contribution is -0.140. The molecular formula is C17H16N2O3S. The van der Waals surface area contributed by atoms with Crippen LogP contribution in [0.2, 0.25) is 0 Å². The molecule has 0 spiro atoms. The van der Waals surface area contributed by atoms with E-state index in [1.807, 2.05) is 17.5 Å². The maximum absolute atomic E-state index is 11.6. The molecule has 5 nitrogen and oxygen atoms in total. The summed E-state index contributed by atoms with van der Waals surface area (Å²) < 4.78 is 1.74. The summed E-state index contributed by atoms with van der Waals surface area (Å²) in [7, 11) is 0. The molecular weight excluding hydrogens is 312 g/mol. The number of hydrogen-bond acceptors (Lipinski definition) is 4. The molecule has 23 heavy (non-hydrogen) atoms. The summed E-state index contributed by atoms with van der Waals surface area (Å²) in [4.78, 5) is 28.7. The van der Waals surface area contributed by atoms with Gasteiger partial charge >= 0.3 is 5.97 Å². The molecule has 2 heterocycles. The van der Waals surface area contributed by atoms with Crippen LogP contribution in [0.25, 0.3) is 11.0 Å². The van der Waals surface area contributed by atoms with Crippen molar-refractivity contribution in [3.63, 3.8) is 0 Å². The van der Waals surface area contributed by atoms with Crippen molar-refractivity contribution in [2.75, 3.05) is 0 Å². The molecule has 0 aliphatic rings. The summed E-state index contributed by atoms with van der Waals surface area (Å²) in [5.41, 5.74) is 1.96. The number of carbonyl (C=O) groups excluding carboxylic acids is 1. The number of carbonyl (C=O) groups is 2. The molecule has 0 radical (unpaired) electrons. The van der Waals surface area contributed by atoms with Crippen LogP contribution in [0.5, 0.6) is 0 Å². The summed E-state index contributed by atoms with van der Waals surface area (Å²) in [5.74, 6) is -0.252. The first-order chi connectivity index (χ1) is 11.0. The first kappa shape index (κ1) is 15.4. The molecule has 3 aromatic rings. The Morgan fingerprint density at radius 2 is 2.13 bits per heavy atom. The Balaban J connectivity index is 2.17. The number of hydrogen-bond donors (Lipinski definition) is 1. The molecule has 3 rings (SSSR count). The Kier molecular flexibility index (Phi) is 4.00. The third-order valence-corrected chi connectivity index (χ3v) is 4.70. The second-order valence-corrected chi connectivity index (χ2v) is 6.46. The van der Waals surface area contributed by atoms with E-state index >= 15 is 0 Å². The average Bonchev–Trinajstić information content (AvgIpc) is 3.12. The number of Topliss-reactive ketones (excluding diaryl/α,β-unsaturated/α-hetero) is 1. The lowest BCUT2D eigenvalue weighted by Gasteiger charge is -2.13. The number of fused-ring (bicyclic) bond motifs is 1. The molecule has 0 aliphatic heterocycles. The van der Waals surface area contributed by atoms with Crippen LogP contribution in [0, 0.1) is 0 Å². The van der Waals surface area contributed by atoms with Crippen molar-refractivity contribution < 1.29 is 14.7 Å². The predicted octanol–water partition coefficient (Wildman–Crippen LogP) is 3.54. The van der Waals surface area contributed by atoms with Crippen LogP contribution in [0.15, 0.2) is 35.7 Å². The van der Waals surface area contributed by atoms with Crippen LogP contribution in [-0.2, 0) is 11.2 Å². The van der Waals surface area contributed by atoms with E-state index in [0.29, 0.717) is 23.3 Å². The normalized spacial score (nSPS) is 12.4. The van der Waals surface area contributed by atoms with Gasteiger partial charge in [-0.05, 0) is 43.5 Å². The third-order valence-electron chi connectivity index (χ3n) is 3.83. The first-order valence-electron chi connectivity index (χ1n) is 7.24. The second-order valence-electron chi connectivity index (χ2n) is 5.43. The van der Waals surface area contributed by atoms with Crippen molar-refractivity contribution in [2.45, 2.75) is 26.3 Å². The minimum absolute atomic E-state index is 0.0347. The number of nitrogens with zero attached hydrogens (tertiary/aromatic N) is 2. The number of benzene rings is 1. The number of thiophene rings is 1. The zero-order valence-electron chi connectivity index (χ0n) is 12.8. The highest BCUT2D eigenvalue weighted by Crippen LogP contribution is 2.25. The van der Waals surface area contributed by atoms with Gasteiger partial charge in [0.05, 0.1) is 11.0 Å². The van der Waals surface area contributed by atoms with E-state index < -0.39 is 12.0 Å². The van der Waals surface area contributed by atoms with E-state index in [9.17, 15) is 14.7 Å². The monoisotopic (exact) mass is 328 g/mol. The van der Waals surface area contributed by atoms with Crippen LogP contribution in [-0.4, -0.2) is 26.4 Å². The second kappa shape index (κ2) is 5.96. The topological polar surface area (TPSA) is 72.2 Å². The maximum Gasteiger partial charge on any atom is 0.326 e. The standard InChI is InChI=1S/C17H16N2O3S/c1-10(17(21)22)19-15-6-5-12(11(2)20)8-14(15)18-16(19)9-13-4-3-7-23-13/h3-8,10H,9H2,1-2H3,(H,21,22). The molecule has 1 N–H and O–H groups in total. The molecule has 6 heteroatoms. The SMILES string of the molecule is CC(=O)c1ccc2c(c1)nc(Cc1cccs1)n2C(C)C(=O)O. The Hall–Kier alpha value is -2.47. The van der Waals surface area contributed by atoms with Crippen LogP contribution >= 0.6 is 11.3 Å². The molecule has 0 saturated carbocycles. The van der Waals surface area contributed by atoms with E-state index in [0.717, 1.165) is 10.4 Å². The van der Waals surface area contributed by atoms with Crippen molar-refractivity contribution in [3.05, 3.63) is 52.0 Å². The fourth-order valence-electron chi connectivity index (χ4n) is 2.60. The molecule has 1 unspecified atom stereocenters. The first-order valence-corrected chi connectivity index (χ1v) is 8.12. The zero-order chi connectivity index (χ0) is 16.6. The van der Waals surface area contributed by atoms with Gasteiger partial charge in [0.25, 0.3) is 0 Å². The molecule has 0 fully saturated rings. The fraction of sp³-hybridized carbons (Fsp3) is 0.235. The molecule has 0 saturated heterocycles. The number of imidazole rings is 1. The highest BCUT2D eigenvalue weighted by Gasteiger charge is 2.21. The van der Waals surface area contributed by atoms with Crippen LogP contribution < -0.4 is 0 Å². The van der Waals surface area contributed by atoms with Gasteiger partial charge in [0, 0.05) is 16.9 Å². The van der Waals surface area contributed by atoms with Gasteiger partial charge in [-0.1, -0.05) is 6.07 Å². The number of aromatic nitrogens is 2. The Bertz CT molecular complexity index is 881. The highest BCUT2D eigenvalue weighted by atomic mass is 32.1. The molecule has 0 aliphatic carbocycles. The summed E-state index contributed by atoms with van der Waals surface area (Å²) in [6.45, 7) is 3.14. The molecule has 2 aromatic heterocycles. The Morgan fingerprint density at radius 1 is 1.35 bits per heavy atom. The van der Waals surface area contributed by atoms with Crippen LogP contribution in [0.4, 0.5) is 0 Å². The molecule has 118 valence electrons. The smallest absolute Gasteiger partial charge is 0.326 e. The molecule has 1 atom stereocenters. The number of aliphatic carboxylic acids is 1. The molecule has 0 amide bonds. The van der Waals surface area contributed by atoms with E-state index in [1.54, 1.807) is 41.0 Å². The summed E-state index contributed by atoms with van der Waals surface area (Å²) in [6.07, 6.45) is 0.569. The summed E-state index contributed by atoms with van der Waals surface area (Å²) in [6, 6.07) is 8.45. The number of rotatable bonds is 5. The van der Waals surface area contributed by atoms with Crippen molar-refractivity contribution >= 4 is 34.1 Å². The van der Waals surface area contributed by atoms with Gasteiger partial charge in [-0.2, -0.15) is 0 Å². The van der Waals surface area contributed by atoms with Gasteiger partial charge < -0.3 is 9.67 Å². The Labute approximate surface area is 137 Å². The summed E-state index contributed by atoms with van der Waals surface area (Å²) in [5, 5.41) is 11.4. The van der Waals surface area contributed by atoms with Gasteiger partial charge in [-0.25, -0.2) is 9.78 Å². The van der Waals surface area contributed by atoms with Crippen molar-refractivity contribution in [1.29, 1.82) is 0 Å². The number of carboxylic acids is 1. The number of carboxylic acid groups (broad SMARTS) is 1. The maximum atomic E-state index is 11.6. The minimum Gasteiger partial charge on any atom is -0.480 e. The fourth-order valence-corrected chi connectivity index (χ4v) is 3.31. The number of ketones is 1. The van der Waals surface area contributed by atoms with Crippen molar-refractivity contribution in [2.24, 2.45) is 0 Å². The molecule has 0 bridgehead atoms. The average molecular weight is 328 g/mol. The van der Waals surface area contributed by atoms with E-state index in [4.69, 9.17) is 0 Å². The largest absolute Gasteiger partial charge is 0.480 e. The van der Waals surface area contributed by atoms with Crippen molar-refractivity contribution in [1.82, 2.24) is 9.55 Å². The lowest BCUT2D eigenvalue weighted by Crippen LogP contribution is -2.18. The zero-order valence-corrected chi connectivity index (χ0v) is 13.6.